The third-order valence-corrected chi connectivity index (χ3v) is 4.10. The quantitative estimate of drug-likeness (QED) is 0.647. The van der Waals surface area contributed by atoms with E-state index >= 15 is 0 Å². The van der Waals surface area contributed by atoms with Gasteiger partial charge in [-0.2, -0.15) is 0 Å². The predicted octanol–water partition coefficient (Wildman–Crippen LogP) is 5.53. The second kappa shape index (κ2) is 6.86. The summed E-state index contributed by atoms with van der Waals surface area (Å²) in [7, 11) is 0. The van der Waals surface area contributed by atoms with Crippen LogP contribution < -0.4 is 0 Å². The fourth-order valence-corrected chi connectivity index (χ4v) is 2.79. The lowest BCUT2D eigenvalue weighted by atomic mass is 10.1. The molecule has 0 radical (unpaired) electrons. The van der Waals surface area contributed by atoms with Crippen LogP contribution in [0.25, 0.3) is 0 Å². The van der Waals surface area contributed by atoms with E-state index in [4.69, 9.17) is 11.6 Å². The number of aryl methyl sites for hydroxylation is 1. The van der Waals surface area contributed by atoms with E-state index in [2.05, 4.69) is 55.5 Å². The van der Waals surface area contributed by atoms with Crippen molar-refractivity contribution in [3.05, 3.63) is 59.7 Å². The molecule has 0 atom stereocenters. The summed E-state index contributed by atoms with van der Waals surface area (Å²) in [6.07, 6.45) is 2.36. The molecule has 2 aromatic carbocycles. The van der Waals surface area contributed by atoms with Crippen molar-refractivity contribution in [1.82, 2.24) is 0 Å². The third kappa shape index (κ3) is 3.79. The summed E-state index contributed by atoms with van der Waals surface area (Å²) in [5.41, 5.74) is 2.58. The first-order chi connectivity index (χ1) is 8.81. The van der Waals surface area contributed by atoms with Crippen molar-refractivity contribution in [1.29, 1.82) is 0 Å². The normalized spacial score (nSPS) is 10.6. The predicted molar refractivity (Wildman–Crippen MR) is 80.6 cm³/mol. The molecule has 0 amide bonds. The van der Waals surface area contributed by atoms with E-state index in [0.717, 1.165) is 6.42 Å². The molecule has 0 N–H and O–H groups in total. The molecule has 2 rings (SSSR count). The third-order valence-electron chi connectivity index (χ3n) is 2.78. The molecular formula is C16H17ClS. The highest BCUT2D eigenvalue weighted by Crippen LogP contribution is 2.28. The Morgan fingerprint density at radius 2 is 1.33 bits per heavy atom. The van der Waals surface area contributed by atoms with E-state index in [1.54, 1.807) is 11.8 Å². The summed E-state index contributed by atoms with van der Waals surface area (Å²) < 4.78 is 0. The molecule has 0 aliphatic rings. The molecule has 0 nitrogen and oxygen atoms in total. The number of hydrogen-bond donors (Lipinski definition) is 0. The SMILES string of the molecule is CCCc1ccc(Sc2ccc(CCl)cc2)cc1. The molecule has 2 aromatic rings. The first kappa shape index (κ1) is 13.5. The summed E-state index contributed by atoms with van der Waals surface area (Å²) in [6, 6.07) is 17.3. The highest BCUT2D eigenvalue weighted by Gasteiger charge is 1.98. The lowest BCUT2D eigenvalue weighted by Gasteiger charge is -2.04. The van der Waals surface area contributed by atoms with Gasteiger partial charge in [0.05, 0.1) is 0 Å². The van der Waals surface area contributed by atoms with E-state index in [9.17, 15) is 0 Å². The molecule has 0 heterocycles. The van der Waals surface area contributed by atoms with Gasteiger partial charge >= 0.3 is 0 Å². The van der Waals surface area contributed by atoms with Crippen LogP contribution in [0.1, 0.15) is 24.5 Å². The Balaban J connectivity index is 2.03. The van der Waals surface area contributed by atoms with Gasteiger partial charge in [-0.05, 0) is 41.8 Å². The first-order valence-corrected chi connectivity index (χ1v) is 7.58. The van der Waals surface area contributed by atoms with E-state index < -0.39 is 0 Å². The smallest absolute Gasteiger partial charge is 0.0474 e. The lowest BCUT2D eigenvalue weighted by molar-refractivity contribution is 0.920. The fraction of sp³-hybridized carbons (Fsp3) is 0.250. The van der Waals surface area contributed by atoms with Crippen LogP contribution in [0, 0.1) is 0 Å². The van der Waals surface area contributed by atoms with Gasteiger partial charge in [0.15, 0.2) is 0 Å². The van der Waals surface area contributed by atoms with Gasteiger partial charge in [-0.25, -0.2) is 0 Å². The number of halogens is 1. The molecule has 18 heavy (non-hydrogen) atoms. The second-order valence-corrected chi connectivity index (χ2v) is 5.69. The standard InChI is InChI=1S/C16H17ClS/c1-2-3-13-4-8-15(9-5-13)18-16-10-6-14(12-17)7-11-16/h4-11H,2-3,12H2,1H3. The van der Waals surface area contributed by atoms with E-state index in [1.165, 1.54) is 27.3 Å². The Labute approximate surface area is 118 Å². The summed E-state index contributed by atoms with van der Waals surface area (Å²) >= 11 is 7.57. The van der Waals surface area contributed by atoms with Gasteiger partial charge < -0.3 is 0 Å². The van der Waals surface area contributed by atoms with Crippen LogP contribution in [0.15, 0.2) is 58.3 Å². The molecule has 0 bridgehead atoms. The zero-order valence-corrected chi connectivity index (χ0v) is 12.1. The Hall–Kier alpha value is -0.920. The largest absolute Gasteiger partial charge is 0.122 e. The van der Waals surface area contributed by atoms with Crippen molar-refractivity contribution in [2.45, 2.75) is 35.4 Å². The maximum absolute atomic E-state index is 5.78. The Morgan fingerprint density at radius 1 is 0.833 bits per heavy atom. The monoisotopic (exact) mass is 276 g/mol. The molecule has 2 heteroatoms. The van der Waals surface area contributed by atoms with Crippen molar-refractivity contribution in [3.63, 3.8) is 0 Å². The minimum Gasteiger partial charge on any atom is -0.122 e. The van der Waals surface area contributed by atoms with Crippen molar-refractivity contribution in [2.75, 3.05) is 0 Å². The number of benzene rings is 2. The summed E-state index contributed by atoms with van der Waals surface area (Å²) in [4.78, 5) is 2.54. The van der Waals surface area contributed by atoms with Crippen LogP contribution in [0.5, 0.6) is 0 Å². The van der Waals surface area contributed by atoms with Gasteiger partial charge in [0.25, 0.3) is 0 Å². The van der Waals surface area contributed by atoms with Crippen LogP contribution >= 0.6 is 23.4 Å². The van der Waals surface area contributed by atoms with Crippen LogP contribution in [-0.4, -0.2) is 0 Å². The highest BCUT2D eigenvalue weighted by atomic mass is 35.5. The van der Waals surface area contributed by atoms with E-state index in [0.29, 0.717) is 5.88 Å². The molecule has 0 spiro atoms. The average molecular weight is 277 g/mol. The molecule has 0 aliphatic carbocycles. The molecular weight excluding hydrogens is 260 g/mol. The highest BCUT2D eigenvalue weighted by molar-refractivity contribution is 7.99. The van der Waals surface area contributed by atoms with E-state index in [1.807, 2.05) is 0 Å². The minimum atomic E-state index is 0.580. The summed E-state index contributed by atoms with van der Waals surface area (Å²) in [5.74, 6) is 0.580. The van der Waals surface area contributed by atoms with Crippen LogP contribution in [-0.2, 0) is 12.3 Å². The average Bonchev–Trinajstić information content (AvgIpc) is 2.42. The molecule has 0 aromatic heterocycles. The maximum atomic E-state index is 5.78. The Kier molecular flexibility index (Phi) is 5.15. The van der Waals surface area contributed by atoms with Crippen LogP contribution in [0.2, 0.25) is 0 Å². The molecule has 94 valence electrons. The van der Waals surface area contributed by atoms with Crippen molar-refractivity contribution in [2.24, 2.45) is 0 Å². The van der Waals surface area contributed by atoms with Gasteiger partial charge in [-0.3, -0.25) is 0 Å². The topological polar surface area (TPSA) is 0 Å². The second-order valence-electron chi connectivity index (χ2n) is 4.27. The zero-order valence-electron chi connectivity index (χ0n) is 10.5. The number of rotatable bonds is 5. The molecule has 0 unspecified atom stereocenters. The Morgan fingerprint density at radius 3 is 1.78 bits per heavy atom. The zero-order chi connectivity index (χ0) is 12.8. The minimum absolute atomic E-state index is 0.580. The summed E-state index contributed by atoms with van der Waals surface area (Å²) in [6.45, 7) is 2.21. The molecule has 0 aliphatic heterocycles. The fourth-order valence-electron chi connectivity index (χ4n) is 1.80. The van der Waals surface area contributed by atoms with Gasteiger partial charge in [0, 0.05) is 15.7 Å². The van der Waals surface area contributed by atoms with Gasteiger partial charge in [0.2, 0.25) is 0 Å². The van der Waals surface area contributed by atoms with Gasteiger partial charge in [0.1, 0.15) is 0 Å². The van der Waals surface area contributed by atoms with Crippen molar-refractivity contribution >= 4 is 23.4 Å². The van der Waals surface area contributed by atoms with Crippen LogP contribution in [0.3, 0.4) is 0 Å². The molecule has 0 saturated carbocycles. The van der Waals surface area contributed by atoms with Crippen molar-refractivity contribution < 1.29 is 0 Å². The molecule has 0 saturated heterocycles. The van der Waals surface area contributed by atoms with Gasteiger partial charge in [-0.1, -0.05) is 49.4 Å². The number of hydrogen-bond acceptors (Lipinski definition) is 1. The summed E-state index contributed by atoms with van der Waals surface area (Å²) in [5, 5.41) is 0. The van der Waals surface area contributed by atoms with E-state index in [-0.39, 0.29) is 0 Å². The van der Waals surface area contributed by atoms with Crippen molar-refractivity contribution in [3.8, 4) is 0 Å². The maximum Gasteiger partial charge on any atom is 0.0474 e. The van der Waals surface area contributed by atoms with Gasteiger partial charge in [-0.15, -0.1) is 11.6 Å². The lowest BCUT2D eigenvalue weighted by Crippen LogP contribution is -1.82. The van der Waals surface area contributed by atoms with Crippen LogP contribution in [0.4, 0.5) is 0 Å². The first-order valence-electron chi connectivity index (χ1n) is 6.23. The number of alkyl halides is 1. The Bertz CT molecular complexity index is 473. The molecule has 0 fully saturated rings.